The first-order valence-electron chi connectivity index (χ1n) is 9.40. The average molecular weight is 398 g/mol. The lowest BCUT2D eigenvalue weighted by Crippen LogP contribution is -2.34. The smallest absolute Gasteiger partial charge is 0.337 e. The third-order valence-electron chi connectivity index (χ3n) is 5.05. The van der Waals surface area contributed by atoms with Crippen molar-refractivity contribution in [2.24, 2.45) is 5.92 Å². The van der Waals surface area contributed by atoms with E-state index in [2.05, 4.69) is 10.1 Å². The van der Waals surface area contributed by atoms with Gasteiger partial charge in [-0.15, -0.1) is 0 Å². The Kier molecular flexibility index (Phi) is 6.26. The normalized spacial score (nSPS) is 16.0. The fourth-order valence-corrected chi connectivity index (χ4v) is 3.28. The van der Waals surface area contributed by atoms with Crippen LogP contribution in [0, 0.1) is 18.7 Å². The molecule has 1 fully saturated rings. The number of carbonyl (C=O) groups is 3. The molecule has 2 aromatic rings. The second kappa shape index (κ2) is 8.86. The molecule has 1 heterocycles. The fourth-order valence-electron chi connectivity index (χ4n) is 3.28. The van der Waals surface area contributed by atoms with Crippen LogP contribution in [-0.4, -0.2) is 38.0 Å². The summed E-state index contributed by atoms with van der Waals surface area (Å²) >= 11 is 0. The Labute approximate surface area is 168 Å². The van der Waals surface area contributed by atoms with Crippen LogP contribution in [-0.2, 0) is 20.7 Å². The number of carbonyl (C=O) groups excluding carboxylic acids is 3. The van der Waals surface area contributed by atoms with Crippen LogP contribution in [0.15, 0.2) is 42.5 Å². The summed E-state index contributed by atoms with van der Waals surface area (Å²) in [5.41, 5.74) is 2.42. The van der Waals surface area contributed by atoms with Gasteiger partial charge in [0.05, 0.1) is 18.6 Å². The van der Waals surface area contributed by atoms with Crippen LogP contribution < -0.4 is 10.2 Å². The number of anilines is 1. The topological polar surface area (TPSA) is 75.7 Å². The van der Waals surface area contributed by atoms with Gasteiger partial charge >= 0.3 is 5.97 Å². The molecule has 0 bridgehead atoms. The molecular weight excluding hydrogens is 375 g/mol. The molecule has 1 N–H and O–H groups in total. The standard InChI is InChI=1S/C22H23FN2O4/c1-14-3-8-18(12-19(14)23)25-13-17(11-20(25)26)21(27)24-10-9-15-4-6-16(7-5-15)22(28)29-2/h3-8,12,17H,9-11,13H2,1-2H3,(H,24,27)/t17-/m1/s1. The first-order chi connectivity index (χ1) is 13.9. The Morgan fingerprint density at radius 2 is 1.93 bits per heavy atom. The minimum absolute atomic E-state index is 0.106. The first-order valence-corrected chi connectivity index (χ1v) is 9.40. The summed E-state index contributed by atoms with van der Waals surface area (Å²) in [5.74, 6) is -1.62. The van der Waals surface area contributed by atoms with Crippen LogP contribution in [0.25, 0.3) is 0 Å². The molecule has 29 heavy (non-hydrogen) atoms. The van der Waals surface area contributed by atoms with Crippen LogP contribution >= 0.6 is 0 Å². The number of nitrogens with one attached hydrogen (secondary N) is 1. The summed E-state index contributed by atoms with van der Waals surface area (Å²) in [6, 6.07) is 11.6. The quantitative estimate of drug-likeness (QED) is 0.759. The van der Waals surface area contributed by atoms with E-state index in [0.29, 0.717) is 29.8 Å². The molecule has 0 unspecified atom stereocenters. The summed E-state index contributed by atoms with van der Waals surface area (Å²) in [6.07, 6.45) is 0.704. The first kappa shape index (κ1) is 20.5. The Balaban J connectivity index is 1.51. The summed E-state index contributed by atoms with van der Waals surface area (Å²) < 4.78 is 18.4. The highest BCUT2D eigenvalue weighted by atomic mass is 19.1. The lowest BCUT2D eigenvalue weighted by atomic mass is 10.1. The number of amides is 2. The lowest BCUT2D eigenvalue weighted by Gasteiger charge is -2.17. The van der Waals surface area contributed by atoms with Crippen molar-refractivity contribution >= 4 is 23.5 Å². The molecule has 1 aliphatic rings. The number of methoxy groups -OCH3 is 1. The predicted molar refractivity (Wildman–Crippen MR) is 106 cm³/mol. The van der Waals surface area contributed by atoms with Crippen molar-refractivity contribution in [3.63, 3.8) is 0 Å². The molecule has 3 rings (SSSR count). The van der Waals surface area contributed by atoms with Gasteiger partial charge in [-0.05, 0) is 48.7 Å². The van der Waals surface area contributed by atoms with E-state index < -0.39 is 11.9 Å². The van der Waals surface area contributed by atoms with Crippen LogP contribution in [0.3, 0.4) is 0 Å². The van der Waals surface area contributed by atoms with Crippen molar-refractivity contribution in [1.29, 1.82) is 0 Å². The maximum absolute atomic E-state index is 13.8. The summed E-state index contributed by atoms with van der Waals surface area (Å²) in [5, 5.41) is 2.85. The molecule has 2 aromatic carbocycles. The molecule has 0 radical (unpaired) electrons. The van der Waals surface area contributed by atoms with Crippen LogP contribution in [0.1, 0.15) is 27.9 Å². The summed E-state index contributed by atoms with van der Waals surface area (Å²) in [4.78, 5) is 37.6. The minimum Gasteiger partial charge on any atom is -0.465 e. The predicted octanol–water partition coefficient (Wildman–Crippen LogP) is 2.63. The van der Waals surface area contributed by atoms with Gasteiger partial charge in [0, 0.05) is 25.2 Å². The number of nitrogens with zero attached hydrogens (tertiary/aromatic N) is 1. The van der Waals surface area contributed by atoms with Crippen molar-refractivity contribution in [2.45, 2.75) is 19.8 Å². The monoisotopic (exact) mass is 398 g/mol. The average Bonchev–Trinajstić information content (AvgIpc) is 3.11. The molecule has 1 aliphatic heterocycles. The molecule has 0 aliphatic carbocycles. The number of ether oxygens (including phenoxy) is 1. The SMILES string of the molecule is COC(=O)c1ccc(CCNC(=O)[C@@H]2CC(=O)N(c3ccc(C)c(F)c3)C2)cc1. The molecule has 1 atom stereocenters. The number of hydrogen-bond acceptors (Lipinski definition) is 4. The second-order valence-electron chi connectivity index (χ2n) is 7.07. The van der Waals surface area contributed by atoms with Gasteiger partial charge in [-0.3, -0.25) is 9.59 Å². The second-order valence-corrected chi connectivity index (χ2v) is 7.07. The highest BCUT2D eigenvalue weighted by Crippen LogP contribution is 2.26. The van der Waals surface area contributed by atoms with Gasteiger partial charge in [-0.25, -0.2) is 9.18 Å². The third-order valence-corrected chi connectivity index (χ3v) is 5.05. The third kappa shape index (κ3) is 4.80. The number of rotatable bonds is 6. The van der Waals surface area contributed by atoms with Crippen molar-refractivity contribution in [2.75, 3.05) is 25.1 Å². The summed E-state index contributed by atoms with van der Waals surface area (Å²) in [7, 11) is 1.33. The molecule has 1 saturated heterocycles. The Hall–Kier alpha value is -3.22. The molecule has 152 valence electrons. The number of benzene rings is 2. The van der Waals surface area contributed by atoms with E-state index in [1.54, 1.807) is 31.2 Å². The van der Waals surface area contributed by atoms with E-state index >= 15 is 0 Å². The van der Waals surface area contributed by atoms with Crippen LogP contribution in [0.4, 0.5) is 10.1 Å². The largest absolute Gasteiger partial charge is 0.465 e. The zero-order valence-electron chi connectivity index (χ0n) is 16.4. The molecule has 7 heteroatoms. The lowest BCUT2D eigenvalue weighted by molar-refractivity contribution is -0.126. The van der Waals surface area contributed by atoms with Crippen LogP contribution in [0.5, 0.6) is 0 Å². The van der Waals surface area contributed by atoms with Gasteiger partial charge in [-0.2, -0.15) is 0 Å². The fraction of sp³-hybridized carbons (Fsp3) is 0.318. The zero-order chi connectivity index (χ0) is 21.0. The number of aryl methyl sites for hydroxylation is 1. The van der Waals surface area contributed by atoms with Gasteiger partial charge in [0.2, 0.25) is 11.8 Å². The highest BCUT2D eigenvalue weighted by molar-refractivity contribution is 6.00. The van der Waals surface area contributed by atoms with Gasteiger partial charge < -0.3 is 15.0 Å². The zero-order valence-corrected chi connectivity index (χ0v) is 16.4. The Morgan fingerprint density at radius 3 is 2.59 bits per heavy atom. The van der Waals surface area contributed by atoms with Crippen molar-refractivity contribution in [3.05, 3.63) is 65.0 Å². The molecular formula is C22H23FN2O4. The number of hydrogen-bond donors (Lipinski definition) is 1. The van der Waals surface area contributed by atoms with Gasteiger partial charge in [0.25, 0.3) is 0 Å². The molecule has 0 spiro atoms. The number of halogens is 1. The van der Waals surface area contributed by atoms with Crippen molar-refractivity contribution in [1.82, 2.24) is 5.32 Å². The van der Waals surface area contributed by atoms with E-state index in [0.717, 1.165) is 5.56 Å². The van der Waals surface area contributed by atoms with E-state index in [9.17, 15) is 18.8 Å². The van der Waals surface area contributed by atoms with Crippen LogP contribution in [0.2, 0.25) is 0 Å². The van der Waals surface area contributed by atoms with Crippen molar-refractivity contribution < 1.29 is 23.5 Å². The highest BCUT2D eigenvalue weighted by Gasteiger charge is 2.35. The molecule has 6 nitrogen and oxygen atoms in total. The number of esters is 1. The van der Waals surface area contributed by atoms with Gasteiger partial charge in [-0.1, -0.05) is 18.2 Å². The van der Waals surface area contributed by atoms with Gasteiger partial charge in [0.15, 0.2) is 0 Å². The molecule has 0 saturated carbocycles. The van der Waals surface area contributed by atoms with E-state index in [4.69, 9.17) is 0 Å². The van der Waals surface area contributed by atoms with E-state index in [-0.39, 0.29) is 30.6 Å². The Bertz CT molecular complexity index is 927. The van der Waals surface area contributed by atoms with E-state index in [1.807, 2.05) is 12.1 Å². The molecule has 0 aromatic heterocycles. The molecule has 2 amide bonds. The van der Waals surface area contributed by atoms with Gasteiger partial charge in [0.1, 0.15) is 5.82 Å². The van der Waals surface area contributed by atoms with Crippen molar-refractivity contribution in [3.8, 4) is 0 Å². The minimum atomic E-state index is -0.464. The maximum Gasteiger partial charge on any atom is 0.337 e. The Morgan fingerprint density at radius 1 is 1.21 bits per heavy atom. The van der Waals surface area contributed by atoms with E-state index in [1.165, 1.54) is 18.1 Å². The maximum atomic E-state index is 13.8. The summed E-state index contributed by atoms with van der Waals surface area (Å²) in [6.45, 7) is 2.31.